The van der Waals surface area contributed by atoms with E-state index in [0.29, 0.717) is 47.8 Å². The molecule has 0 fully saturated rings. The molecule has 2 rings (SSSR count). The van der Waals surface area contributed by atoms with Crippen LogP contribution in [0.25, 0.3) is 0 Å². The van der Waals surface area contributed by atoms with Gasteiger partial charge in [-0.25, -0.2) is 0 Å². The summed E-state index contributed by atoms with van der Waals surface area (Å²) in [6.07, 6.45) is 0.407. The highest BCUT2D eigenvalue weighted by molar-refractivity contribution is 6.05. The van der Waals surface area contributed by atoms with Crippen molar-refractivity contribution in [3.8, 4) is 11.5 Å². The van der Waals surface area contributed by atoms with Gasteiger partial charge in [0.1, 0.15) is 0 Å². The van der Waals surface area contributed by atoms with Crippen LogP contribution < -0.4 is 25.4 Å². The summed E-state index contributed by atoms with van der Waals surface area (Å²) in [6, 6.07) is 11.4. The molecule has 0 saturated carbocycles. The van der Waals surface area contributed by atoms with Gasteiger partial charge < -0.3 is 25.4 Å². The van der Waals surface area contributed by atoms with Crippen LogP contribution in [-0.4, -0.2) is 45.0 Å². The Bertz CT molecular complexity index is 865. The first-order chi connectivity index (χ1) is 14.0. The number of anilines is 1. The van der Waals surface area contributed by atoms with Crippen molar-refractivity contribution in [1.82, 2.24) is 10.6 Å². The molecule has 0 aliphatic rings. The average molecular weight is 399 g/mol. The van der Waals surface area contributed by atoms with Crippen LogP contribution in [-0.2, 0) is 4.79 Å². The third-order valence-corrected chi connectivity index (χ3v) is 4.10. The van der Waals surface area contributed by atoms with Crippen molar-refractivity contribution in [1.29, 1.82) is 0 Å². The zero-order valence-electron chi connectivity index (χ0n) is 16.7. The maximum absolute atomic E-state index is 12.4. The minimum atomic E-state index is -0.310. The van der Waals surface area contributed by atoms with Crippen LogP contribution in [0.3, 0.4) is 0 Å². The molecule has 8 nitrogen and oxygen atoms in total. The molecule has 154 valence electrons. The van der Waals surface area contributed by atoms with E-state index in [9.17, 15) is 14.4 Å². The lowest BCUT2D eigenvalue weighted by molar-refractivity contribution is -0.120. The monoisotopic (exact) mass is 399 g/mol. The first-order valence-corrected chi connectivity index (χ1v) is 9.16. The first kappa shape index (κ1) is 21.7. The number of carbonyl (C=O) groups excluding carboxylic acids is 3. The number of benzene rings is 2. The summed E-state index contributed by atoms with van der Waals surface area (Å²) >= 11 is 0. The lowest BCUT2D eigenvalue weighted by Gasteiger charge is -2.10. The molecule has 3 N–H and O–H groups in total. The van der Waals surface area contributed by atoms with E-state index in [1.54, 1.807) is 49.4 Å². The Labute approximate surface area is 169 Å². The van der Waals surface area contributed by atoms with Crippen molar-refractivity contribution in [2.75, 3.05) is 32.6 Å². The van der Waals surface area contributed by atoms with Gasteiger partial charge in [0.2, 0.25) is 5.91 Å². The van der Waals surface area contributed by atoms with Crippen molar-refractivity contribution in [2.24, 2.45) is 0 Å². The smallest absolute Gasteiger partial charge is 0.255 e. The fraction of sp³-hybridized carbons (Fsp3) is 0.286. The Morgan fingerprint density at radius 1 is 0.793 bits per heavy atom. The summed E-state index contributed by atoms with van der Waals surface area (Å²) in [5.74, 6) is 0.369. The van der Waals surface area contributed by atoms with Gasteiger partial charge >= 0.3 is 0 Å². The molecule has 0 aromatic heterocycles. The van der Waals surface area contributed by atoms with Crippen LogP contribution in [0.15, 0.2) is 42.5 Å². The van der Waals surface area contributed by atoms with Crippen molar-refractivity contribution in [2.45, 2.75) is 13.3 Å². The fourth-order valence-electron chi connectivity index (χ4n) is 2.49. The van der Waals surface area contributed by atoms with E-state index in [1.807, 2.05) is 0 Å². The van der Waals surface area contributed by atoms with E-state index in [1.165, 1.54) is 14.2 Å². The normalized spacial score (nSPS) is 10.0. The molecule has 29 heavy (non-hydrogen) atoms. The maximum Gasteiger partial charge on any atom is 0.255 e. The second-order valence-electron chi connectivity index (χ2n) is 6.06. The molecule has 0 bridgehead atoms. The second-order valence-corrected chi connectivity index (χ2v) is 6.06. The summed E-state index contributed by atoms with van der Waals surface area (Å²) in [7, 11) is 3.03. The van der Waals surface area contributed by atoms with Crippen LogP contribution in [0.2, 0.25) is 0 Å². The molecule has 0 radical (unpaired) electrons. The quantitative estimate of drug-likeness (QED) is 0.561. The van der Waals surface area contributed by atoms with Gasteiger partial charge in [0.15, 0.2) is 11.5 Å². The number of hydrogen-bond donors (Lipinski definition) is 3. The minimum Gasteiger partial charge on any atom is -0.493 e. The van der Waals surface area contributed by atoms with Gasteiger partial charge in [0.05, 0.1) is 14.2 Å². The molecule has 0 aliphatic heterocycles. The fourth-order valence-corrected chi connectivity index (χ4v) is 2.49. The second kappa shape index (κ2) is 10.7. The van der Waals surface area contributed by atoms with E-state index >= 15 is 0 Å². The lowest BCUT2D eigenvalue weighted by atomic mass is 10.1. The van der Waals surface area contributed by atoms with Gasteiger partial charge in [0, 0.05) is 36.3 Å². The Balaban J connectivity index is 1.92. The van der Waals surface area contributed by atoms with Crippen LogP contribution in [0, 0.1) is 0 Å². The van der Waals surface area contributed by atoms with Crippen molar-refractivity contribution >= 4 is 23.4 Å². The largest absolute Gasteiger partial charge is 0.493 e. The number of hydrogen-bond acceptors (Lipinski definition) is 5. The number of ether oxygens (including phenoxy) is 2. The van der Waals surface area contributed by atoms with Gasteiger partial charge in [-0.05, 0) is 42.5 Å². The van der Waals surface area contributed by atoms with E-state index in [4.69, 9.17) is 9.47 Å². The number of amides is 3. The molecule has 0 spiro atoms. The predicted molar refractivity (Wildman–Crippen MR) is 110 cm³/mol. The molecular weight excluding hydrogens is 374 g/mol. The highest BCUT2D eigenvalue weighted by atomic mass is 16.5. The van der Waals surface area contributed by atoms with Crippen molar-refractivity contribution < 1.29 is 23.9 Å². The van der Waals surface area contributed by atoms with Gasteiger partial charge in [-0.3, -0.25) is 14.4 Å². The summed E-state index contributed by atoms with van der Waals surface area (Å²) in [5, 5.41) is 8.17. The molecule has 0 aliphatic carbocycles. The molecule has 0 saturated heterocycles. The molecule has 2 aromatic carbocycles. The molecular formula is C21H25N3O5. The standard InChI is InChI=1S/C21H25N3O5/c1-4-19(25)22-11-12-23-20(26)14-5-8-16(9-6-14)24-21(27)15-7-10-17(28-2)18(13-15)29-3/h5-10,13H,4,11-12H2,1-3H3,(H,22,25)(H,23,26)(H,24,27). The van der Waals surface area contributed by atoms with Gasteiger partial charge in [0.25, 0.3) is 11.8 Å². The van der Waals surface area contributed by atoms with E-state index < -0.39 is 0 Å². The SMILES string of the molecule is CCC(=O)NCCNC(=O)c1ccc(NC(=O)c2ccc(OC)c(OC)c2)cc1. The molecule has 3 amide bonds. The number of methoxy groups -OCH3 is 2. The van der Waals surface area contributed by atoms with Gasteiger partial charge in [-0.2, -0.15) is 0 Å². The Morgan fingerprint density at radius 2 is 1.41 bits per heavy atom. The van der Waals surface area contributed by atoms with Crippen molar-refractivity contribution in [3.63, 3.8) is 0 Å². The number of rotatable bonds is 9. The molecule has 8 heteroatoms. The average Bonchev–Trinajstić information content (AvgIpc) is 2.76. The third kappa shape index (κ3) is 6.24. The zero-order valence-corrected chi connectivity index (χ0v) is 16.7. The first-order valence-electron chi connectivity index (χ1n) is 9.16. The van der Waals surface area contributed by atoms with E-state index in [2.05, 4.69) is 16.0 Å². The van der Waals surface area contributed by atoms with Crippen LogP contribution in [0.1, 0.15) is 34.1 Å². The summed E-state index contributed by atoms with van der Waals surface area (Å²) in [5.41, 5.74) is 1.42. The maximum atomic E-state index is 12.4. The molecule has 0 unspecified atom stereocenters. The number of carbonyl (C=O) groups is 3. The molecule has 0 atom stereocenters. The Hall–Kier alpha value is -3.55. The molecule has 0 heterocycles. The Kier molecular flexibility index (Phi) is 8.02. The molecule has 2 aromatic rings. The number of nitrogens with one attached hydrogen (secondary N) is 3. The van der Waals surface area contributed by atoms with Crippen LogP contribution >= 0.6 is 0 Å². The van der Waals surface area contributed by atoms with Gasteiger partial charge in [-0.15, -0.1) is 0 Å². The van der Waals surface area contributed by atoms with Crippen LogP contribution in [0.5, 0.6) is 11.5 Å². The Morgan fingerprint density at radius 3 is 2.03 bits per heavy atom. The topological polar surface area (TPSA) is 106 Å². The third-order valence-electron chi connectivity index (χ3n) is 4.10. The lowest BCUT2D eigenvalue weighted by Crippen LogP contribution is -2.34. The zero-order chi connectivity index (χ0) is 21.2. The summed E-state index contributed by atoms with van der Waals surface area (Å²) < 4.78 is 10.4. The highest BCUT2D eigenvalue weighted by Crippen LogP contribution is 2.27. The minimum absolute atomic E-state index is 0.0613. The predicted octanol–water partition coefficient (Wildman–Crippen LogP) is 2.21. The van der Waals surface area contributed by atoms with Crippen LogP contribution in [0.4, 0.5) is 5.69 Å². The summed E-state index contributed by atoms with van der Waals surface area (Å²) in [4.78, 5) is 35.7. The van der Waals surface area contributed by atoms with E-state index in [0.717, 1.165) is 0 Å². The van der Waals surface area contributed by atoms with E-state index in [-0.39, 0.29) is 17.7 Å². The highest BCUT2D eigenvalue weighted by Gasteiger charge is 2.12. The van der Waals surface area contributed by atoms with Gasteiger partial charge in [-0.1, -0.05) is 6.92 Å². The summed E-state index contributed by atoms with van der Waals surface area (Å²) in [6.45, 7) is 2.47. The van der Waals surface area contributed by atoms with Crippen molar-refractivity contribution in [3.05, 3.63) is 53.6 Å².